The lowest BCUT2D eigenvalue weighted by Crippen LogP contribution is -2.12. The Morgan fingerprint density at radius 2 is 1.67 bits per heavy atom. The summed E-state index contributed by atoms with van der Waals surface area (Å²) in [4.78, 5) is 12.1. The van der Waals surface area contributed by atoms with Crippen molar-refractivity contribution in [1.82, 2.24) is 0 Å². The second-order valence-electron chi connectivity index (χ2n) is 4.19. The Balaban J connectivity index is 2.15. The van der Waals surface area contributed by atoms with Gasteiger partial charge in [0, 0.05) is 5.69 Å². The van der Waals surface area contributed by atoms with Gasteiger partial charge in [-0.05, 0) is 23.3 Å². The number of carbonyl (C=O) groups is 1. The van der Waals surface area contributed by atoms with Crippen LogP contribution in [0.15, 0.2) is 42.5 Å². The van der Waals surface area contributed by atoms with Gasteiger partial charge in [0.25, 0.3) is 0 Å². The third-order valence-corrected chi connectivity index (χ3v) is 3.78. The van der Waals surface area contributed by atoms with Crippen LogP contribution in [-0.4, -0.2) is 5.91 Å². The molecule has 1 amide bonds. The Kier molecular flexibility index (Phi) is 2.77. The van der Waals surface area contributed by atoms with Gasteiger partial charge in [-0.15, -0.1) is 0 Å². The number of rotatable bonds is 1. The molecule has 1 heterocycles. The van der Waals surface area contributed by atoms with Gasteiger partial charge in [-0.3, -0.25) is 4.79 Å². The summed E-state index contributed by atoms with van der Waals surface area (Å²) >= 11 is 12.0. The van der Waals surface area contributed by atoms with Crippen molar-refractivity contribution < 1.29 is 4.79 Å². The maximum Gasteiger partial charge on any atom is 0.236 e. The molecule has 0 saturated carbocycles. The molecule has 0 bridgehead atoms. The van der Waals surface area contributed by atoms with E-state index in [1.54, 1.807) is 12.1 Å². The maximum atomic E-state index is 12.1. The van der Waals surface area contributed by atoms with Crippen molar-refractivity contribution in [1.29, 1.82) is 0 Å². The zero-order valence-corrected chi connectivity index (χ0v) is 10.8. The van der Waals surface area contributed by atoms with Gasteiger partial charge in [-0.25, -0.2) is 0 Å². The Morgan fingerprint density at radius 3 is 2.39 bits per heavy atom. The fourth-order valence-electron chi connectivity index (χ4n) is 2.23. The first-order chi connectivity index (χ1) is 8.66. The first-order valence-corrected chi connectivity index (χ1v) is 6.27. The number of anilines is 1. The lowest BCUT2D eigenvalue weighted by atomic mass is 9.93. The molecule has 3 rings (SSSR count). The van der Waals surface area contributed by atoms with E-state index in [-0.39, 0.29) is 11.8 Å². The SMILES string of the molecule is O=C1Nc2cc(Cl)c(Cl)cc2[C@@H]1c1ccccc1. The average molecular weight is 278 g/mol. The minimum Gasteiger partial charge on any atom is -0.325 e. The molecule has 1 atom stereocenters. The Morgan fingerprint density at radius 1 is 1.00 bits per heavy atom. The predicted octanol–water partition coefficient (Wildman–Crippen LogP) is 4.08. The first-order valence-electron chi connectivity index (χ1n) is 5.51. The van der Waals surface area contributed by atoms with E-state index in [0.717, 1.165) is 16.8 Å². The smallest absolute Gasteiger partial charge is 0.236 e. The number of halogens is 2. The van der Waals surface area contributed by atoms with E-state index < -0.39 is 0 Å². The lowest BCUT2D eigenvalue weighted by molar-refractivity contribution is -0.116. The molecule has 0 fully saturated rings. The molecule has 0 spiro atoms. The summed E-state index contributed by atoms with van der Waals surface area (Å²) < 4.78 is 0. The molecule has 1 aliphatic heterocycles. The molecule has 0 radical (unpaired) electrons. The fraction of sp³-hybridized carbons (Fsp3) is 0.0714. The summed E-state index contributed by atoms with van der Waals surface area (Å²) in [7, 11) is 0. The largest absolute Gasteiger partial charge is 0.325 e. The summed E-state index contributed by atoms with van der Waals surface area (Å²) in [5, 5.41) is 3.75. The second-order valence-corrected chi connectivity index (χ2v) is 5.00. The number of fused-ring (bicyclic) bond motifs is 1. The summed E-state index contributed by atoms with van der Waals surface area (Å²) in [5.41, 5.74) is 2.57. The summed E-state index contributed by atoms with van der Waals surface area (Å²) in [5.74, 6) is -0.356. The minimum atomic E-state index is -0.309. The van der Waals surface area contributed by atoms with E-state index in [4.69, 9.17) is 23.2 Å². The van der Waals surface area contributed by atoms with Crippen LogP contribution in [0.25, 0.3) is 0 Å². The molecule has 4 heteroatoms. The zero-order valence-electron chi connectivity index (χ0n) is 9.28. The quantitative estimate of drug-likeness (QED) is 0.836. The number of nitrogens with one attached hydrogen (secondary N) is 1. The highest BCUT2D eigenvalue weighted by Gasteiger charge is 2.32. The van der Waals surface area contributed by atoms with Crippen LogP contribution < -0.4 is 5.32 Å². The molecule has 0 saturated heterocycles. The Bertz CT molecular complexity index is 625. The highest BCUT2D eigenvalue weighted by atomic mass is 35.5. The third-order valence-electron chi connectivity index (χ3n) is 3.06. The molecule has 18 heavy (non-hydrogen) atoms. The zero-order chi connectivity index (χ0) is 12.7. The van der Waals surface area contributed by atoms with Gasteiger partial charge in [0.15, 0.2) is 0 Å². The van der Waals surface area contributed by atoms with E-state index in [2.05, 4.69) is 5.32 Å². The summed E-state index contributed by atoms with van der Waals surface area (Å²) in [6, 6.07) is 13.1. The van der Waals surface area contributed by atoms with Crippen molar-refractivity contribution >= 4 is 34.8 Å². The topological polar surface area (TPSA) is 29.1 Å². The van der Waals surface area contributed by atoms with Crippen LogP contribution in [0.2, 0.25) is 10.0 Å². The summed E-state index contributed by atoms with van der Waals surface area (Å²) in [6.07, 6.45) is 0. The van der Waals surface area contributed by atoms with Crippen LogP contribution >= 0.6 is 23.2 Å². The molecule has 2 nitrogen and oxygen atoms in total. The van der Waals surface area contributed by atoms with E-state index in [1.807, 2.05) is 30.3 Å². The fourth-order valence-corrected chi connectivity index (χ4v) is 2.57. The molecule has 0 aromatic heterocycles. The molecule has 1 aliphatic rings. The van der Waals surface area contributed by atoms with Crippen molar-refractivity contribution in [2.45, 2.75) is 5.92 Å². The number of hydrogen-bond donors (Lipinski definition) is 1. The van der Waals surface area contributed by atoms with Gasteiger partial charge in [0.2, 0.25) is 5.91 Å². The van der Waals surface area contributed by atoms with Crippen molar-refractivity contribution in [3.05, 3.63) is 63.6 Å². The van der Waals surface area contributed by atoms with Crippen LogP contribution in [0.3, 0.4) is 0 Å². The number of benzene rings is 2. The van der Waals surface area contributed by atoms with E-state index in [9.17, 15) is 4.79 Å². The maximum absolute atomic E-state index is 12.1. The van der Waals surface area contributed by atoms with Gasteiger partial charge >= 0.3 is 0 Å². The van der Waals surface area contributed by atoms with Gasteiger partial charge in [0.05, 0.1) is 16.0 Å². The van der Waals surface area contributed by atoms with Gasteiger partial charge < -0.3 is 5.32 Å². The molecular weight excluding hydrogens is 269 g/mol. The Labute approximate surface area is 115 Å². The molecule has 0 aliphatic carbocycles. The highest BCUT2D eigenvalue weighted by molar-refractivity contribution is 6.42. The van der Waals surface area contributed by atoms with E-state index in [1.165, 1.54) is 0 Å². The predicted molar refractivity (Wildman–Crippen MR) is 73.4 cm³/mol. The molecule has 2 aromatic rings. The van der Waals surface area contributed by atoms with Crippen molar-refractivity contribution in [2.24, 2.45) is 0 Å². The van der Waals surface area contributed by atoms with Crippen LogP contribution in [0, 0.1) is 0 Å². The Hall–Kier alpha value is -1.51. The number of hydrogen-bond acceptors (Lipinski definition) is 1. The monoisotopic (exact) mass is 277 g/mol. The third kappa shape index (κ3) is 1.78. The first kappa shape index (κ1) is 11.6. The average Bonchev–Trinajstić information content (AvgIpc) is 2.66. The van der Waals surface area contributed by atoms with E-state index >= 15 is 0 Å². The van der Waals surface area contributed by atoms with Gasteiger partial charge in [0.1, 0.15) is 0 Å². The normalized spacial score (nSPS) is 17.4. The summed E-state index contributed by atoms with van der Waals surface area (Å²) in [6.45, 7) is 0. The van der Waals surface area contributed by atoms with E-state index in [0.29, 0.717) is 10.0 Å². The number of amides is 1. The second kappa shape index (κ2) is 4.30. The molecule has 90 valence electrons. The van der Waals surface area contributed by atoms with Crippen LogP contribution in [0.1, 0.15) is 17.0 Å². The van der Waals surface area contributed by atoms with Gasteiger partial charge in [-0.2, -0.15) is 0 Å². The lowest BCUT2D eigenvalue weighted by Gasteiger charge is -2.09. The molecule has 2 aromatic carbocycles. The highest BCUT2D eigenvalue weighted by Crippen LogP contribution is 2.41. The molecular formula is C14H9Cl2NO. The van der Waals surface area contributed by atoms with Crippen LogP contribution in [0.4, 0.5) is 5.69 Å². The van der Waals surface area contributed by atoms with Crippen molar-refractivity contribution in [3.63, 3.8) is 0 Å². The van der Waals surface area contributed by atoms with Crippen molar-refractivity contribution in [2.75, 3.05) is 5.32 Å². The molecule has 1 N–H and O–H groups in total. The standard InChI is InChI=1S/C14H9Cl2NO/c15-10-6-9-12(7-11(10)16)17-14(18)13(9)8-4-2-1-3-5-8/h1-7,13H,(H,17,18)/t13-/m0/s1. The molecule has 0 unspecified atom stereocenters. The van der Waals surface area contributed by atoms with Gasteiger partial charge in [-0.1, -0.05) is 53.5 Å². The number of carbonyl (C=O) groups excluding carboxylic acids is 1. The van der Waals surface area contributed by atoms with Crippen molar-refractivity contribution in [3.8, 4) is 0 Å². The minimum absolute atomic E-state index is 0.0467. The van der Waals surface area contributed by atoms with Crippen LogP contribution in [-0.2, 0) is 4.79 Å². The van der Waals surface area contributed by atoms with Crippen LogP contribution in [0.5, 0.6) is 0 Å².